The van der Waals surface area contributed by atoms with Crippen LogP contribution in [0, 0.1) is 5.92 Å². The molecule has 100 valence electrons. The predicted octanol–water partition coefficient (Wildman–Crippen LogP) is 2.23. The van der Waals surface area contributed by atoms with Gasteiger partial charge in [0.25, 0.3) is 0 Å². The third-order valence-corrected chi connectivity index (χ3v) is 5.55. The van der Waals surface area contributed by atoms with E-state index in [2.05, 4.69) is 24.1 Å². The fraction of sp³-hybridized carbons (Fsp3) is 0.786. The summed E-state index contributed by atoms with van der Waals surface area (Å²) in [4.78, 5) is 9.04. The topological polar surface area (TPSA) is 28.2 Å². The van der Waals surface area contributed by atoms with Gasteiger partial charge in [-0.25, -0.2) is 4.98 Å². The van der Waals surface area contributed by atoms with E-state index in [9.17, 15) is 0 Å². The number of aryl methyl sites for hydroxylation is 1. The summed E-state index contributed by atoms with van der Waals surface area (Å²) in [6.07, 6.45) is 3.76. The molecule has 0 amide bonds. The number of thiazole rings is 1. The number of hydrogen-bond donors (Lipinski definition) is 1. The van der Waals surface area contributed by atoms with Crippen molar-refractivity contribution in [2.45, 2.75) is 39.2 Å². The Kier molecular flexibility index (Phi) is 3.68. The first-order chi connectivity index (χ1) is 8.74. The molecule has 0 saturated carbocycles. The number of nitrogens with zero attached hydrogens (tertiary/aromatic N) is 2. The molecule has 3 rings (SSSR count). The van der Waals surface area contributed by atoms with Crippen LogP contribution in [0.2, 0.25) is 0 Å². The number of fused-ring (bicyclic) bond motifs is 1. The maximum atomic E-state index is 4.92. The minimum Gasteiger partial charge on any atom is -0.314 e. The van der Waals surface area contributed by atoms with Crippen molar-refractivity contribution in [1.29, 1.82) is 0 Å². The van der Waals surface area contributed by atoms with Crippen LogP contribution in [-0.4, -0.2) is 36.1 Å². The van der Waals surface area contributed by atoms with Crippen LogP contribution >= 0.6 is 11.3 Å². The molecule has 1 N–H and O–H groups in total. The van der Waals surface area contributed by atoms with Gasteiger partial charge in [-0.2, -0.15) is 0 Å². The molecule has 2 aliphatic rings. The van der Waals surface area contributed by atoms with Crippen LogP contribution < -0.4 is 5.32 Å². The van der Waals surface area contributed by atoms with Crippen molar-refractivity contribution in [3.05, 3.63) is 15.6 Å². The molecule has 1 saturated heterocycles. The van der Waals surface area contributed by atoms with Crippen molar-refractivity contribution in [3.63, 3.8) is 0 Å². The molecule has 2 unspecified atom stereocenters. The van der Waals surface area contributed by atoms with Crippen molar-refractivity contribution in [2.24, 2.45) is 5.92 Å². The summed E-state index contributed by atoms with van der Waals surface area (Å²) < 4.78 is 0. The second-order valence-corrected chi connectivity index (χ2v) is 6.85. The molecule has 0 bridgehead atoms. The van der Waals surface area contributed by atoms with Crippen LogP contribution in [0.5, 0.6) is 0 Å². The number of piperazine rings is 1. The molecule has 2 atom stereocenters. The number of nitrogens with one attached hydrogen (secondary N) is 1. The summed E-state index contributed by atoms with van der Waals surface area (Å²) >= 11 is 1.97. The Labute approximate surface area is 114 Å². The number of rotatable bonds is 2. The number of hydrogen-bond acceptors (Lipinski definition) is 4. The predicted molar refractivity (Wildman–Crippen MR) is 76.2 cm³/mol. The van der Waals surface area contributed by atoms with Gasteiger partial charge in [-0.3, -0.25) is 4.90 Å². The second kappa shape index (κ2) is 5.27. The molecular weight excluding hydrogens is 242 g/mol. The Morgan fingerprint density at radius 1 is 1.39 bits per heavy atom. The summed E-state index contributed by atoms with van der Waals surface area (Å²) in [6.45, 7) is 9.23. The average molecular weight is 265 g/mol. The molecule has 0 aromatic carbocycles. The van der Waals surface area contributed by atoms with Crippen LogP contribution in [0.4, 0.5) is 0 Å². The van der Waals surface area contributed by atoms with Gasteiger partial charge >= 0.3 is 0 Å². The maximum absolute atomic E-state index is 4.92. The highest BCUT2D eigenvalue weighted by molar-refractivity contribution is 7.11. The molecule has 18 heavy (non-hydrogen) atoms. The maximum Gasteiger partial charge on any atom is 0.110 e. The summed E-state index contributed by atoms with van der Waals surface area (Å²) in [5, 5.41) is 4.76. The highest BCUT2D eigenvalue weighted by Gasteiger charge is 2.25. The third kappa shape index (κ3) is 2.46. The molecule has 1 aliphatic heterocycles. The van der Waals surface area contributed by atoms with Crippen molar-refractivity contribution >= 4 is 11.3 Å². The normalized spacial score (nSPS) is 26.9. The van der Waals surface area contributed by atoms with Gasteiger partial charge in [-0.1, -0.05) is 6.92 Å². The first kappa shape index (κ1) is 12.6. The number of aromatic nitrogens is 1. The second-order valence-electron chi connectivity index (χ2n) is 5.73. The molecule has 1 fully saturated rings. The van der Waals surface area contributed by atoms with E-state index >= 15 is 0 Å². The molecule has 2 heterocycles. The van der Waals surface area contributed by atoms with E-state index in [0.717, 1.165) is 32.1 Å². The molecule has 1 aliphatic carbocycles. The van der Waals surface area contributed by atoms with Gasteiger partial charge in [-0.05, 0) is 32.1 Å². The van der Waals surface area contributed by atoms with Gasteiger partial charge in [0.2, 0.25) is 0 Å². The summed E-state index contributed by atoms with van der Waals surface area (Å²) in [5.74, 6) is 0.847. The molecular formula is C14H23N3S. The summed E-state index contributed by atoms with van der Waals surface area (Å²) in [5.41, 5.74) is 1.40. The fourth-order valence-electron chi connectivity index (χ4n) is 2.96. The standard InChI is InChI=1S/C14H23N3S/c1-10-3-4-12-13(9-10)18-14(16-12)11(2)17-7-5-15-6-8-17/h10-11,15H,3-9H2,1-2H3. The molecule has 1 aromatic rings. The zero-order valence-electron chi connectivity index (χ0n) is 11.4. The Balaban J connectivity index is 1.75. The molecule has 4 heteroatoms. The molecule has 3 nitrogen and oxygen atoms in total. The van der Waals surface area contributed by atoms with Crippen LogP contribution in [0.1, 0.15) is 41.9 Å². The highest BCUT2D eigenvalue weighted by Crippen LogP contribution is 2.33. The zero-order chi connectivity index (χ0) is 12.5. The van der Waals surface area contributed by atoms with Gasteiger partial charge in [0.1, 0.15) is 5.01 Å². The smallest absolute Gasteiger partial charge is 0.110 e. The Morgan fingerprint density at radius 2 is 2.17 bits per heavy atom. The average Bonchev–Trinajstić information content (AvgIpc) is 2.81. The van der Waals surface area contributed by atoms with Gasteiger partial charge < -0.3 is 5.32 Å². The molecule has 1 aromatic heterocycles. The van der Waals surface area contributed by atoms with E-state index in [1.54, 1.807) is 4.88 Å². The monoisotopic (exact) mass is 265 g/mol. The lowest BCUT2D eigenvalue weighted by Crippen LogP contribution is -2.44. The Hall–Kier alpha value is -0.450. The fourth-order valence-corrected chi connectivity index (χ4v) is 4.33. The highest BCUT2D eigenvalue weighted by atomic mass is 32.1. The SMILES string of the molecule is CC1CCc2nc(C(C)N3CCNCC3)sc2C1. The van der Waals surface area contributed by atoms with Crippen molar-refractivity contribution in [2.75, 3.05) is 26.2 Å². The quantitative estimate of drug-likeness (QED) is 0.889. The lowest BCUT2D eigenvalue weighted by atomic mass is 9.93. The molecule has 0 radical (unpaired) electrons. The van der Waals surface area contributed by atoms with E-state index in [-0.39, 0.29) is 0 Å². The van der Waals surface area contributed by atoms with Gasteiger partial charge in [0.15, 0.2) is 0 Å². The Morgan fingerprint density at radius 3 is 2.94 bits per heavy atom. The van der Waals surface area contributed by atoms with Crippen molar-refractivity contribution in [3.8, 4) is 0 Å². The van der Waals surface area contributed by atoms with Gasteiger partial charge in [0, 0.05) is 31.1 Å². The van der Waals surface area contributed by atoms with E-state index < -0.39 is 0 Å². The Bertz CT molecular complexity index is 409. The van der Waals surface area contributed by atoms with Gasteiger partial charge in [-0.15, -0.1) is 11.3 Å². The van der Waals surface area contributed by atoms with E-state index in [1.807, 2.05) is 11.3 Å². The van der Waals surface area contributed by atoms with Crippen molar-refractivity contribution < 1.29 is 0 Å². The lowest BCUT2D eigenvalue weighted by Gasteiger charge is -2.31. The van der Waals surface area contributed by atoms with E-state index in [4.69, 9.17) is 4.98 Å². The van der Waals surface area contributed by atoms with E-state index in [1.165, 1.54) is 30.0 Å². The largest absolute Gasteiger partial charge is 0.314 e. The first-order valence-corrected chi connectivity index (χ1v) is 7.99. The van der Waals surface area contributed by atoms with Crippen LogP contribution in [0.3, 0.4) is 0 Å². The minimum absolute atomic E-state index is 0.498. The zero-order valence-corrected chi connectivity index (χ0v) is 12.2. The van der Waals surface area contributed by atoms with Crippen LogP contribution in [0.15, 0.2) is 0 Å². The summed E-state index contributed by atoms with van der Waals surface area (Å²) in [6, 6.07) is 0.498. The van der Waals surface area contributed by atoms with Crippen LogP contribution in [0.25, 0.3) is 0 Å². The molecule has 0 spiro atoms. The minimum atomic E-state index is 0.498. The van der Waals surface area contributed by atoms with Crippen molar-refractivity contribution in [1.82, 2.24) is 15.2 Å². The van der Waals surface area contributed by atoms with Gasteiger partial charge in [0.05, 0.1) is 11.7 Å². The first-order valence-electron chi connectivity index (χ1n) is 7.17. The summed E-state index contributed by atoms with van der Waals surface area (Å²) in [7, 11) is 0. The third-order valence-electron chi connectivity index (χ3n) is 4.26. The van der Waals surface area contributed by atoms with Crippen LogP contribution in [-0.2, 0) is 12.8 Å². The van der Waals surface area contributed by atoms with E-state index in [0.29, 0.717) is 6.04 Å². The lowest BCUT2D eigenvalue weighted by molar-refractivity contribution is 0.185.